The molecule has 0 bridgehead atoms. The van der Waals surface area contributed by atoms with Gasteiger partial charge in [-0.3, -0.25) is 4.90 Å². The molecule has 154 valence electrons. The summed E-state index contributed by atoms with van der Waals surface area (Å²) >= 11 is 3.55. The van der Waals surface area contributed by atoms with E-state index in [1.165, 1.54) is 12.8 Å². The number of ether oxygens (including phenoxy) is 1. The molecule has 1 saturated heterocycles. The molecule has 2 atom stereocenters. The lowest BCUT2D eigenvalue weighted by atomic mass is 9.85. The van der Waals surface area contributed by atoms with Crippen molar-refractivity contribution in [2.45, 2.75) is 31.7 Å². The number of fused-ring (bicyclic) bond motifs is 1. The number of morpholine rings is 1. The fourth-order valence-electron chi connectivity index (χ4n) is 4.11. The largest absolute Gasteiger partial charge is 0.396 e. The molecule has 8 nitrogen and oxygen atoms in total. The molecular formula is C19H29BrN6O2. The minimum atomic E-state index is 0.223. The average Bonchev–Trinajstić information content (AvgIpc) is 3.10. The van der Waals surface area contributed by atoms with Gasteiger partial charge in [-0.15, -0.1) is 0 Å². The van der Waals surface area contributed by atoms with Crippen LogP contribution in [0, 0.1) is 5.92 Å². The van der Waals surface area contributed by atoms with Crippen molar-refractivity contribution in [2.24, 2.45) is 5.92 Å². The molecule has 0 amide bonds. The summed E-state index contributed by atoms with van der Waals surface area (Å²) in [5.41, 5.74) is 0.787. The van der Waals surface area contributed by atoms with Crippen LogP contribution in [0.5, 0.6) is 0 Å². The predicted molar refractivity (Wildman–Crippen MR) is 113 cm³/mol. The highest BCUT2D eigenvalue weighted by Crippen LogP contribution is 2.28. The number of aliphatic hydroxyl groups is 1. The summed E-state index contributed by atoms with van der Waals surface area (Å²) in [6.07, 6.45) is 6.29. The monoisotopic (exact) mass is 452 g/mol. The fourth-order valence-corrected chi connectivity index (χ4v) is 4.46. The summed E-state index contributed by atoms with van der Waals surface area (Å²) in [5, 5.41) is 21.2. The Morgan fingerprint density at radius 2 is 2.07 bits per heavy atom. The number of nitrogens with one attached hydrogen (secondary N) is 2. The molecule has 3 heterocycles. The van der Waals surface area contributed by atoms with Crippen molar-refractivity contribution in [3.63, 3.8) is 0 Å². The van der Waals surface area contributed by atoms with Gasteiger partial charge < -0.3 is 20.5 Å². The van der Waals surface area contributed by atoms with E-state index in [2.05, 4.69) is 36.6 Å². The van der Waals surface area contributed by atoms with Crippen LogP contribution in [0.15, 0.2) is 16.7 Å². The second-order valence-corrected chi connectivity index (χ2v) is 8.47. The molecule has 2 aromatic rings. The molecule has 9 heteroatoms. The van der Waals surface area contributed by atoms with Gasteiger partial charge in [-0.1, -0.05) is 12.8 Å². The zero-order chi connectivity index (χ0) is 19.3. The van der Waals surface area contributed by atoms with E-state index in [4.69, 9.17) is 9.72 Å². The lowest BCUT2D eigenvalue weighted by molar-refractivity contribution is 0.0398. The summed E-state index contributed by atoms with van der Waals surface area (Å²) in [6, 6.07) is 2.28. The topological polar surface area (TPSA) is 87.0 Å². The molecule has 4 rings (SSSR count). The van der Waals surface area contributed by atoms with Crippen molar-refractivity contribution in [3.8, 4) is 0 Å². The average molecular weight is 453 g/mol. The van der Waals surface area contributed by atoms with Gasteiger partial charge in [-0.2, -0.15) is 9.61 Å². The molecule has 0 spiro atoms. The Bertz CT molecular complexity index is 779. The van der Waals surface area contributed by atoms with Crippen molar-refractivity contribution in [3.05, 3.63) is 16.7 Å². The van der Waals surface area contributed by atoms with Gasteiger partial charge in [0, 0.05) is 50.8 Å². The second-order valence-electron chi connectivity index (χ2n) is 7.61. The minimum Gasteiger partial charge on any atom is -0.396 e. The Balaban J connectivity index is 1.48. The van der Waals surface area contributed by atoms with Gasteiger partial charge in [0.05, 0.1) is 23.9 Å². The number of nitrogens with zero attached hydrogens (tertiary/aromatic N) is 4. The Hall–Kier alpha value is -1.42. The molecule has 28 heavy (non-hydrogen) atoms. The third kappa shape index (κ3) is 4.59. The van der Waals surface area contributed by atoms with Gasteiger partial charge in [-0.25, -0.2) is 4.98 Å². The first-order valence-electron chi connectivity index (χ1n) is 10.2. The van der Waals surface area contributed by atoms with E-state index in [1.54, 1.807) is 6.20 Å². The maximum Gasteiger partial charge on any atom is 0.173 e. The van der Waals surface area contributed by atoms with Gasteiger partial charge >= 0.3 is 0 Å². The van der Waals surface area contributed by atoms with E-state index >= 15 is 0 Å². The highest BCUT2D eigenvalue weighted by atomic mass is 79.9. The van der Waals surface area contributed by atoms with Crippen LogP contribution in [-0.2, 0) is 4.74 Å². The third-order valence-electron chi connectivity index (χ3n) is 5.74. The molecule has 1 aliphatic carbocycles. The molecular weight excluding hydrogens is 424 g/mol. The van der Waals surface area contributed by atoms with E-state index in [-0.39, 0.29) is 18.6 Å². The lowest BCUT2D eigenvalue weighted by Gasteiger charge is -2.31. The Kier molecular flexibility index (Phi) is 6.66. The standard InChI is InChI=1S/C19H29BrN6O2/c20-15-12-22-26-18(21-5-6-25-7-9-28-10-8-25)11-17(24-19(15)26)23-16-4-2-1-3-14(16)13-27/h11-12,14,16,21,27H,1-10,13H2,(H,23,24)/t14-,16-/m0/s1. The second kappa shape index (κ2) is 9.39. The van der Waals surface area contributed by atoms with Gasteiger partial charge in [0.15, 0.2) is 5.65 Å². The molecule has 2 aliphatic rings. The molecule has 3 N–H and O–H groups in total. The van der Waals surface area contributed by atoms with E-state index in [1.807, 2.05) is 10.6 Å². The molecule has 0 aromatic carbocycles. The fraction of sp³-hybridized carbons (Fsp3) is 0.684. The first kappa shape index (κ1) is 19.9. The molecule has 0 radical (unpaired) electrons. The zero-order valence-electron chi connectivity index (χ0n) is 16.1. The summed E-state index contributed by atoms with van der Waals surface area (Å²) in [4.78, 5) is 7.15. The molecule has 1 saturated carbocycles. The summed E-state index contributed by atoms with van der Waals surface area (Å²) in [5.74, 6) is 2.04. The van der Waals surface area contributed by atoms with Crippen LogP contribution in [0.3, 0.4) is 0 Å². The Morgan fingerprint density at radius 3 is 2.89 bits per heavy atom. The quantitative estimate of drug-likeness (QED) is 0.593. The number of rotatable bonds is 7. The molecule has 1 aliphatic heterocycles. The SMILES string of the molecule is OC[C@@H]1CCCC[C@@H]1Nc1cc(NCCN2CCOCC2)n2ncc(Br)c2n1. The van der Waals surface area contributed by atoms with Crippen LogP contribution in [-0.4, -0.2) is 76.6 Å². The maximum atomic E-state index is 9.71. The lowest BCUT2D eigenvalue weighted by Crippen LogP contribution is -2.39. The summed E-state index contributed by atoms with van der Waals surface area (Å²) in [7, 11) is 0. The molecule has 2 aromatic heterocycles. The summed E-state index contributed by atoms with van der Waals surface area (Å²) < 4.78 is 8.12. The van der Waals surface area contributed by atoms with E-state index in [0.717, 1.165) is 74.0 Å². The van der Waals surface area contributed by atoms with Crippen molar-refractivity contribution in [2.75, 3.05) is 56.6 Å². The van der Waals surface area contributed by atoms with Crippen LogP contribution in [0.2, 0.25) is 0 Å². The van der Waals surface area contributed by atoms with Gasteiger partial charge in [0.25, 0.3) is 0 Å². The number of anilines is 2. The smallest absolute Gasteiger partial charge is 0.173 e. The highest BCUT2D eigenvalue weighted by Gasteiger charge is 2.25. The van der Waals surface area contributed by atoms with Crippen molar-refractivity contribution >= 4 is 33.2 Å². The number of hydrogen-bond donors (Lipinski definition) is 3. The Labute approximate surface area is 173 Å². The highest BCUT2D eigenvalue weighted by molar-refractivity contribution is 9.10. The Morgan fingerprint density at radius 1 is 1.25 bits per heavy atom. The van der Waals surface area contributed by atoms with E-state index < -0.39 is 0 Å². The van der Waals surface area contributed by atoms with Crippen LogP contribution in [0.25, 0.3) is 5.65 Å². The zero-order valence-corrected chi connectivity index (χ0v) is 17.7. The van der Waals surface area contributed by atoms with Crippen LogP contribution < -0.4 is 10.6 Å². The summed E-state index contributed by atoms with van der Waals surface area (Å²) in [6.45, 7) is 5.61. The number of hydrogen-bond acceptors (Lipinski definition) is 7. The molecule has 2 fully saturated rings. The van der Waals surface area contributed by atoms with Gasteiger partial charge in [0.1, 0.15) is 11.6 Å². The van der Waals surface area contributed by atoms with Crippen molar-refractivity contribution < 1.29 is 9.84 Å². The minimum absolute atomic E-state index is 0.223. The first-order chi connectivity index (χ1) is 13.7. The van der Waals surface area contributed by atoms with E-state index in [9.17, 15) is 5.11 Å². The normalized spacial score (nSPS) is 23.8. The van der Waals surface area contributed by atoms with Crippen LogP contribution in [0.4, 0.5) is 11.6 Å². The predicted octanol–water partition coefficient (Wildman–Crippen LogP) is 2.20. The maximum absolute atomic E-state index is 9.71. The van der Waals surface area contributed by atoms with Crippen molar-refractivity contribution in [1.82, 2.24) is 19.5 Å². The number of aromatic nitrogens is 3. The van der Waals surface area contributed by atoms with Gasteiger partial charge in [0.2, 0.25) is 0 Å². The molecule has 0 unspecified atom stereocenters. The van der Waals surface area contributed by atoms with Gasteiger partial charge in [-0.05, 0) is 28.8 Å². The number of halogens is 1. The van der Waals surface area contributed by atoms with Crippen LogP contribution >= 0.6 is 15.9 Å². The third-order valence-corrected chi connectivity index (χ3v) is 6.30. The number of aliphatic hydroxyl groups excluding tert-OH is 1. The van der Waals surface area contributed by atoms with Crippen LogP contribution in [0.1, 0.15) is 25.7 Å². The first-order valence-corrected chi connectivity index (χ1v) is 11.0. The van der Waals surface area contributed by atoms with Crippen molar-refractivity contribution in [1.29, 1.82) is 0 Å². The van der Waals surface area contributed by atoms with E-state index in [0.29, 0.717) is 0 Å².